The van der Waals surface area contributed by atoms with Gasteiger partial charge in [0.25, 0.3) is 5.95 Å². The van der Waals surface area contributed by atoms with Crippen LogP contribution in [0.5, 0.6) is 5.95 Å². The zero-order chi connectivity index (χ0) is 21.1. The summed E-state index contributed by atoms with van der Waals surface area (Å²) >= 11 is 0. The van der Waals surface area contributed by atoms with Gasteiger partial charge >= 0.3 is 0 Å². The molecule has 2 aromatic rings. The third-order valence-electron chi connectivity index (χ3n) is 5.21. The smallest absolute Gasteiger partial charge is 0.298 e. The van der Waals surface area contributed by atoms with Crippen LogP contribution >= 0.6 is 0 Å². The van der Waals surface area contributed by atoms with Crippen molar-refractivity contribution in [3.05, 3.63) is 46.4 Å². The van der Waals surface area contributed by atoms with Gasteiger partial charge < -0.3 is 13.9 Å². The summed E-state index contributed by atoms with van der Waals surface area (Å²) in [6.07, 6.45) is 3.98. The Morgan fingerprint density at radius 1 is 0.786 bits per heavy atom. The van der Waals surface area contributed by atoms with Crippen molar-refractivity contribution in [1.29, 1.82) is 0 Å². The molecule has 152 valence electrons. The van der Waals surface area contributed by atoms with Crippen LogP contribution in [0.4, 0.5) is 0 Å². The molecule has 0 saturated carbocycles. The van der Waals surface area contributed by atoms with Gasteiger partial charge in [-0.15, -0.1) is 0 Å². The topological polar surface area (TPSA) is 31.6 Å². The average molecular weight is 383 g/mol. The minimum atomic E-state index is -0.165. The first-order valence-electron chi connectivity index (χ1n) is 9.99. The van der Waals surface area contributed by atoms with E-state index in [2.05, 4.69) is 74.4 Å². The van der Waals surface area contributed by atoms with Crippen LogP contribution in [0.1, 0.15) is 79.0 Å². The molecule has 1 aliphatic heterocycles. The highest BCUT2D eigenvalue weighted by Gasteiger charge is 2.30. The summed E-state index contributed by atoms with van der Waals surface area (Å²) in [5.74, 6) is 2.14. The molecule has 28 heavy (non-hydrogen) atoms. The number of ether oxygens (including phenoxy) is 2. The second kappa shape index (κ2) is 6.43. The monoisotopic (exact) mass is 382 g/mol. The van der Waals surface area contributed by atoms with E-state index in [9.17, 15) is 0 Å². The van der Waals surface area contributed by atoms with E-state index in [1.54, 1.807) is 7.11 Å². The van der Waals surface area contributed by atoms with Gasteiger partial charge in [0.15, 0.2) is 0 Å². The van der Waals surface area contributed by atoms with Crippen LogP contribution in [0.3, 0.4) is 0 Å². The fourth-order valence-corrected chi connectivity index (χ4v) is 3.33. The second-order valence-electron chi connectivity index (χ2n) is 10.8. The summed E-state index contributed by atoms with van der Waals surface area (Å²) in [5.41, 5.74) is 4.14. The first-order valence-corrected chi connectivity index (χ1v) is 9.99. The van der Waals surface area contributed by atoms with Crippen molar-refractivity contribution in [1.82, 2.24) is 0 Å². The maximum absolute atomic E-state index is 6.35. The van der Waals surface area contributed by atoms with Crippen LogP contribution in [0.15, 0.2) is 34.1 Å². The molecular weight excluding hydrogens is 348 g/mol. The molecule has 1 aromatic carbocycles. The van der Waals surface area contributed by atoms with Crippen LogP contribution in [-0.2, 0) is 15.6 Å². The molecule has 0 unspecified atom stereocenters. The van der Waals surface area contributed by atoms with Gasteiger partial charge in [-0.3, -0.25) is 0 Å². The number of benzene rings is 1. The number of hydrogen-bond acceptors (Lipinski definition) is 3. The van der Waals surface area contributed by atoms with Gasteiger partial charge in [-0.2, -0.15) is 0 Å². The number of fused-ring (bicyclic) bond motifs is 3. The molecule has 0 bridgehead atoms. The summed E-state index contributed by atoms with van der Waals surface area (Å²) < 4.78 is 18.3. The molecule has 3 rings (SSSR count). The molecule has 0 spiro atoms. The SMILES string of the molecule is COC1=Cc2c(oc3c(C(C)(C)C)cc(C(C)(C)C)cc23)OC(C(C)(C)C)=C1. The zero-order valence-corrected chi connectivity index (χ0v) is 19.0. The molecule has 0 aliphatic carbocycles. The van der Waals surface area contributed by atoms with Crippen molar-refractivity contribution in [3.63, 3.8) is 0 Å². The number of methoxy groups -OCH3 is 1. The van der Waals surface area contributed by atoms with E-state index in [1.165, 1.54) is 11.1 Å². The van der Waals surface area contributed by atoms with Crippen LogP contribution in [-0.4, -0.2) is 7.11 Å². The number of rotatable bonds is 1. The van der Waals surface area contributed by atoms with E-state index in [4.69, 9.17) is 13.9 Å². The van der Waals surface area contributed by atoms with Gasteiger partial charge in [0.2, 0.25) is 0 Å². The average Bonchev–Trinajstić information content (AvgIpc) is 2.75. The lowest BCUT2D eigenvalue weighted by Crippen LogP contribution is -2.16. The van der Waals surface area contributed by atoms with Crippen LogP contribution in [0.25, 0.3) is 17.0 Å². The van der Waals surface area contributed by atoms with Gasteiger partial charge in [-0.05, 0) is 28.5 Å². The molecule has 1 aliphatic rings. The predicted molar refractivity (Wildman–Crippen MR) is 117 cm³/mol. The third kappa shape index (κ3) is 3.72. The van der Waals surface area contributed by atoms with Gasteiger partial charge in [-0.25, -0.2) is 0 Å². The third-order valence-corrected chi connectivity index (χ3v) is 5.21. The first-order chi connectivity index (χ1) is 12.7. The standard InChI is InChI=1S/C25H34O3/c1-23(2,3)15-11-17-18-13-16(26-10)14-20(25(7,8)9)27-22(18)28-21(17)19(12-15)24(4,5)6/h11-14H,1-10H3. The van der Waals surface area contributed by atoms with E-state index in [0.717, 1.165) is 28.1 Å². The van der Waals surface area contributed by atoms with Gasteiger partial charge in [0, 0.05) is 22.4 Å². The summed E-state index contributed by atoms with van der Waals surface area (Å²) in [6.45, 7) is 19.8. The Kier molecular flexibility index (Phi) is 4.73. The molecule has 0 atom stereocenters. The van der Waals surface area contributed by atoms with Crippen molar-refractivity contribution < 1.29 is 13.9 Å². The normalized spacial score (nSPS) is 15.5. The number of allylic oxidation sites excluding steroid dienone is 2. The van der Waals surface area contributed by atoms with E-state index in [-0.39, 0.29) is 16.2 Å². The molecule has 3 nitrogen and oxygen atoms in total. The Hall–Kier alpha value is -2.16. The molecule has 0 fully saturated rings. The quantitative estimate of drug-likeness (QED) is 0.517. The highest BCUT2D eigenvalue weighted by atomic mass is 16.6. The molecule has 0 radical (unpaired) electrons. The highest BCUT2D eigenvalue weighted by molar-refractivity contribution is 5.94. The van der Waals surface area contributed by atoms with E-state index in [0.29, 0.717) is 5.95 Å². The Balaban J connectivity index is 2.36. The lowest BCUT2D eigenvalue weighted by Gasteiger charge is -2.25. The van der Waals surface area contributed by atoms with E-state index in [1.807, 2.05) is 12.2 Å². The molecule has 3 heteroatoms. The zero-order valence-electron chi connectivity index (χ0n) is 19.0. The minimum Gasteiger partial charge on any atom is -0.497 e. The number of hydrogen-bond donors (Lipinski definition) is 0. The van der Waals surface area contributed by atoms with Crippen LogP contribution in [0.2, 0.25) is 0 Å². The van der Waals surface area contributed by atoms with Crippen molar-refractivity contribution >= 4 is 17.0 Å². The Labute approximate surface area is 169 Å². The lowest BCUT2D eigenvalue weighted by atomic mass is 9.79. The molecule has 1 aromatic heterocycles. The van der Waals surface area contributed by atoms with Gasteiger partial charge in [-0.1, -0.05) is 68.4 Å². The van der Waals surface area contributed by atoms with Crippen molar-refractivity contribution in [2.45, 2.75) is 73.1 Å². The maximum atomic E-state index is 6.35. The fraction of sp³-hybridized carbons (Fsp3) is 0.520. The summed E-state index contributed by atoms with van der Waals surface area (Å²) in [5, 5.41) is 1.07. The predicted octanol–water partition coefficient (Wildman–Crippen LogP) is 7.34. The molecular formula is C25H34O3. The largest absolute Gasteiger partial charge is 0.497 e. The Bertz CT molecular complexity index is 964. The maximum Gasteiger partial charge on any atom is 0.298 e. The summed E-state index contributed by atoms with van der Waals surface area (Å²) in [7, 11) is 1.69. The fourth-order valence-electron chi connectivity index (χ4n) is 3.33. The van der Waals surface area contributed by atoms with Crippen molar-refractivity contribution in [2.24, 2.45) is 5.41 Å². The van der Waals surface area contributed by atoms with E-state index >= 15 is 0 Å². The second-order valence-corrected chi connectivity index (χ2v) is 10.8. The van der Waals surface area contributed by atoms with Crippen LogP contribution in [0, 0.1) is 5.41 Å². The van der Waals surface area contributed by atoms with Gasteiger partial charge in [0.1, 0.15) is 17.1 Å². The Morgan fingerprint density at radius 2 is 1.43 bits per heavy atom. The molecule has 0 amide bonds. The van der Waals surface area contributed by atoms with Gasteiger partial charge in [0.05, 0.1) is 12.7 Å². The number of furan rings is 1. The minimum absolute atomic E-state index is 0.0343. The highest BCUT2D eigenvalue weighted by Crippen LogP contribution is 2.45. The molecule has 0 saturated heterocycles. The lowest BCUT2D eigenvalue weighted by molar-refractivity contribution is 0.241. The van der Waals surface area contributed by atoms with Crippen LogP contribution < -0.4 is 4.74 Å². The Morgan fingerprint density at radius 3 is 1.93 bits per heavy atom. The summed E-state index contributed by atoms with van der Waals surface area (Å²) in [6, 6.07) is 4.52. The molecule has 0 N–H and O–H groups in total. The van der Waals surface area contributed by atoms with E-state index < -0.39 is 0 Å². The molecule has 2 heterocycles. The van der Waals surface area contributed by atoms with Crippen molar-refractivity contribution in [2.75, 3.05) is 7.11 Å². The van der Waals surface area contributed by atoms with Crippen molar-refractivity contribution in [3.8, 4) is 5.95 Å². The first kappa shape index (κ1) is 20.6. The summed E-state index contributed by atoms with van der Waals surface area (Å²) in [4.78, 5) is 0.